The van der Waals surface area contributed by atoms with Gasteiger partial charge in [-0.25, -0.2) is 0 Å². The Morgan fingerprint density at radius 2 is 2.25 bits per heavy atom. The van der Waals surface area contributed by atoms with Crippen LogP contribution >= 0.6 is 0 Å². The number of hydrogen-bond acceptors (Lipinski definition) is 2. The Morgan fingerprint density at radius 1 is 1.42 bits per heavy atom. The number of ketones is 1. The molecular weight excluding hydrogens is 152 g/mol. The number of methoxy groups -OCH3 is 1. The molecule has 2 rings (SSSR count). The maximum atomic E-state index is 11.3. The van der Waals surface area contributed by atoms with Gasteiger partial charge >= 0.3 is 0 Å². The Hall–Kier alpha value is -1.05. The lowest BCUT2D eigenvalue weighted by molar-refractivity contribution is -0.114. The highest BCUT2D eigenvalue weighted by atomic mass is 16.5. The maximum Gasteiger partial charge on any atom is 0.159 e. The lowest BCUT2D eigenvalue weighted by Gasteiger charge is -2.13. The second kappa shape index (κ2) is 2.77. The molecule has 0 aromatic rings. The molecule has 0 radical (unpaired) electrons. The average Bonchev–Trinajstić information content (AvgIpc) is 2.47. The highest BCUT2D eigenvalue weighted by molar-refractivity contribution is 5.99. The van der Waals surface area contributed by atoms with E-state index in [2.05, 4.69) is 0 Å². The molecule has 0 saturated carbocycles. The van der Waals surface area contributed by atoms with Crippen LogP contribution in [-0.4, -0.2) is 12.9 Å². The van der Waals surface area contributed by atoms with E-state index in [9.17, 15) is 4.79 Å². The summed E-state index contributed by atoms with van der Waals surface area (Å²) in [6, 6.07) is 0. The fourth-order valence-electron chi connectivity index (χ4n) is 1.87. The van der Waals surface area contributed by atoms with Crippen molar-refractivity contribution in [1.29, 1.82) is 0 Å². The molecule has 2 aliphatic rings. The third-order valence-electron chi connectivity index (χ3n) is 2.60. The monoisotopic (exact) mass is 164 g/mol. The second-order valence-electron chi connectivity index (χ2n) is 3.26. The number of hydrogen-bond donors (Lipinski definition) is 0. The Labute approximate surface area is 71.9 Å². The van der Waals surface area contributed by atoms with Gasteiger partial charge < -0.3 is 4.74 Å². The van der Waals surface area contributed by atoms with Crippen molar-refractivity contribution >= 4 is 5.78 Å². The van der Waals surface area contributed by atoms with Crippen molar-refractivity contribution in [2.24, 2.45) is 0 Å². The van der Waals surface area contributed by atoms with Gasteiger partial charge in [0.2, 0.25) is 0 Å². The van der Waals surface area contributed by atoms with Crippen molar-refractivity contribution in [3.8, 4) is 0 Å². The minimum absolute atomic E-state index is 0.344. The smallest absolute Gasteiger partial charge is 0.159 e. The molecule has 64 valence electrons. The largest absolute Gasteiger partial charge is 0.501 e. The predicted octanol–water partition coefficient (Wildman–Crippen LogP) is 1.97. The van der Waals surface area contributed by atoms with Gasteiger partial charge in [0.05, 0.1) is 12.9 Å². The summed E-state index contributed by atoms with van der Waals surface area (Å²) in [7, 11) is 1.69. The zero-order chi connectivity index (χ0) is 8.55. The fraction of sp³-hybridized carbons (Fsp3) is 0.500. The first-order chi connectivity index (χ1) is 5.81. The zero-order valence-corrected chi connectivity index (χ0v) is 7.22. The van der Waals surface area contributed by atoms with E-state index in [1.165, 1.54) is 5.57 Å². The normalized spacial score (nSPS) is 22.4. The first-order valence-electron chi connectivity index (χ1n) is 4.28. The predicted molar refractivity (Wildman–Crippen MR) is 45.6 cm³/mol. The van der Waals surface area contributed by atoms with Crippen LogP contribution in [0.25, 0.3) is 0 Å². The van der Waals surface area contributed by atoms with E-state index in [4.69, 9.17) is 4.74 Å². The van der Waals surface area contributed by atoms with Gasteiger partial charge in [0.15, 0.2) is 5.78 Å². The van der Waals surface area contributed by atoms with Crippen LogP contribution < -0.4 is 0 Å². The van der Waals surface area contributed by atoms with E-state index in [0.29, 0.717) is 5.78 Å². The van der Waals surface area contributed by atoms with Crippen LogP contribution in [0.5, 0.6) is 0 Å². The number of carbonyl (C=O) groups excluding carboxylic acids is 1. The van der Waals surface area contributed by atoms with Crippen LogP contribution in [0, 0.1) is 0 Å². The van der Waals surface area contributed by atoms with Crippen molar-refractivity contribution in [3.05, 3.63) is 23.0 Å². The quantitative estimate of drug-likeness (QED) is 0.592. The van der Waals surface area contributed by atoms with Crippen molar-refractivity contribution < 1.29 is 9.53 Å². The van der Waals surface area contributed by atoms with Crippen LogP contribution in [0.4, 0.5) is 0 Å². The molecule has 0 atom stereocenters. The highest BCUT2D eigenvalue weighted by Crippen LogP contribution is 2.34. The van der Waals surface area contributed by atoms with Gasteiger partial charge in [-0.3, -0.25) is 4.79 Å². The molecule has 0 N–H and O–H groups in total. The number of rotatable bonds is 1. The van der Waals surface area contributed by atoms with E-state index >= 15 is 0 Å². The number of carbonyl (C=O) groups is 1. The molecule has 0 amide bonds. The van der Waals surface area contributed by atoms with Crippen molar-refractivity contribution in [3.63, 3.8) is 0 Å². The molecule has 0 spiro atoms. The zero-order valence-electron chi connectivity index (χ0n) is 7.22. The summed E-state index contributed by atoms with van der Waals surface area (Å²) in [6.45, 7) is 0. The second-order valence-corrected chi connectivity index (χ2v) is 3.26. The van der Waals surface area contributed by atoms with Crippen LogP contribution in [-0.2, 0) is 9.53 Å². The SMILES string of the molecule is COC1=CCC2=C(CCC2=O)C1. The lowest BCUT2D eigenvalue weighted by Crippen LogP contribution is -2.01. The van der Waals surface area contributed by atoms with E-state index in [1.807, 2.05) is 6.08 Å². The van der Waals surface area contributed by atoms with Crippen molar-refractivity contribution in [2.75, 3.05) is 7.11 Å². The first-order valence-corrected chi connectivity index (χ1v) is 4.28. The van der Waals surface area contributed by atoms with Gasteiger partial charge in [-0.2, -0.15) is 0 Å². The van der Waals surface area contributed by atoms with Crippen molar-refractivity contribution in [2.45, 2.75) is 25.7 Å². The summed E-state index contributed by atoms with van der Waals surface area (Å²) in [5.74, 6) is 1.36. The Bertz CT molecular complexity index is 284. The highest BCUT2D eigenvalue weighted by Gasteiger charge is 2.25. The minimum atomic E-state index is 0.344. The summed E-state index contributed by atoms with van der Waals surface area (Å²) in [5.41, 5.74) is 2.36. The summed E-state index contributed by atoms with van der Waals surface area (Å²) in [5, 5.41) is 0. The van der Waals surface area contributed by atoms with E-state index in [1.54, 1.807) is 7.11 Å². The minimum Gasteiger partial charge on any atom is -0.501 e. The molecule has 0 aromatic carbocycles. The van der Waals surface area contributed by atoms with Crippen molar-refractivity contribution in [1.82, 2.24) is 0 Å². The molecule has 0 fully saturated rings. The lowest BCUT2D eigenvalue weighted by atomic mass is 9.98. The van der Waals surface area contributed by atoms with Crippen LogP contribution in [0.2, 0.25) is 0 Å². The molecular formula is C10H12O2. The number of Topliss-reactive ketones (excluding diaryl/α,β-unsaturated/α-hetero) is 1. The average molecular weight is 164 g/mol. The fourth-order valence-corrected chi connectivity index (χ4v) is 1.87. The van der Waals surface area contributed by atoms with Gasteiger partial charge in [-0.15, -0.1) is 0 Å². The molecule has 2 nitrogen and oxygen atoms in total. The molecule has 12 heavy (non-hydrogen) atoms. The summed E-state index contributed by atoms with van der Waals surface area (Å²) < 4.78 is 5.15. The third-order valence-corrected chi connectivity index (χ3v) is 2.60. The molecule has 0 bridgehead atoms. The number of ether oxygens (including phenoxy) is 1. The van der Waals surface area contributed by atoms with Gasteiger partial charge in [0.1, 0.15) is 0 Å². The van der Waals surface area contributed by atoms with Crippen LogP contribution in [0.1, 0.15) is 25.7 Å². The van der Waals surface area contributed by atoms with Gasteiger partial charge in [-0.1, -0.05) is 5.57 Å². The maximum absolute atomic E-state index is 11.3. The summed E-state index contributed by atoms with van der Waals surface area (Å²) in [6.07, 6.45) is 5.33. The van der Waals surface area contributed by atoms with Crippen LogP contribution in [0.15, 0.2) is 23.0 Å². The molecule has 0 heterocycles. The Balaban J connectivity index is 2.19. The van der Waals surface area contributed by atoms with Gasteiger partial charge in [-0.05, 0) is 24.5 Å². The Morgan fingerprint density at radius 3 is 3.00 bits per heavy atom. The molecule has 0 unspecified atom stereocenters. The summed E-state index contributed by atoms with van der Waals surface area (Å²) >= 11 is 0. The molecule has 0 aromatic heterocycles. The van der Waals surface area contributed by atoms with Crippen LogP contribution in [0.3, 0.4) is 0 Å². The topological polar surface area (TPSA) is 26.3 Å². The number of allylic oxidation sites excluding steroid dienone is 3. The van der Waals surface area contributed by atoms with E-state index in [0.717, 1.165) is 37.0 Å². The first kappa shape index (κ1) is 7.59. The Kier molecular flexibility index (Phi) is 1.75. The third kappa shape index (κ3) is 1.07. The molecule has 0 saturated heterocycles. The van der Waals surface area contributed by atoms with E-state index in [-0.39, 0.29) is 0 Å². The molecule has 2 aliphatic carbocycles. The molecule has 0 aliphatic heterocycles. The van der Waals surface area contributed by atoms with Gasteiger partial charge in [0.25, 0.3) is 0 Å². The van der Waals surface area contributed by atoms with Gasteiger partial charge in [0, 0.05) is 12.8 Å². The standard InChI is InChI=1S/C10H12O2/c1-12-8-3-4-9-7(6-8)2-5-10(9)11/h3H,2,4-6H2,1H3. The van der Waals surface area contributed by atoms with E-state index < -0.39 is 0 Å². The summed E-state index contributed by atoms with van der Waals surface area (Å²) in [4.78, 5) is 11.3. The molecule has 2 heteroatoms.